The van der Waals surface area contributed by atoms with E-state index in [0.29, 0.717) is 30.4 Å². The van der Waals surface area contributed by atoms with Gasteiger partial charge in [-0.05, 0) is 37.4 Å². The minimum atomic E-state index is 0.0939. The number of fused-ring (bicyclic) bond motifs is 1. The molecule has 0 spiro atoms. The van der Waals surface area contributed by atoms with E-state index >= 15 is 0 Å². The van der Waals surface area contributed by atoms with E-state index in [2.05, 4.69) is 12.2 Å². The second-order valence-corrected chi connectivity index (χ2v) is 5.88. The summed E-state index contributed by atoms with van der Waals surface area (Å²) in [6, 6.07) is 8.24. The van der Waals surface area contributed by atoms with Crippen LogP contribution >= 0.6 is 0 Å². The highest BCUT2D eigenvalue weighted by molar-refractivity contribution is 5.97. The molecule has 1 atom stereocenters. The van der Waals surface area contributed by atoms with Gasteiger partial charge < -0.3 is 15.0 Å². The smallest absolute Gasteiger partial charge is 0.257 e. The maximum atomic E-state index is 12.5. The maximum absolute atomic E-state index is 12.5. The summed E-state index contributed by atoms with van der Waals surface area (Å²) in [5.74, 6) is 1.27. The van der Waals surface area contributed by atoms with Gasteiger partial charge in [0.2, 0.25) is 0 Å². The summed E-state index contributed by atoms with van der Waals surface area (Å²) in [4.78, 5) is 14.5. The number of rotatable bonds is 5. The van der Waals surface area contributed by atoms with Gasteiger partial charge >= 0.3 is 0 Å². The number of nitrogens with zero attached hydrogens (tertiary/aromatic N) is 1. The topological polar surface area (TPSA) is 41.6 Å². The number of carbonyl (C=O) groups excluding carboxylic acids is 1. The molecule has 1 heterocycles. The van der Waals surface area contributed by atoms with Crippen LogP contribution in [0.5, 0.6) is 5.75 Å². The van der Waals surface area contributed by atoms with Crippen LogP contribution in [0.4, 0.5) is 0 Å². The fourth-order valence-electron chi connectivity index (χ4n) is 2.58. The SMILES string of the molecule is CC(CNC1CC1)CN1CCOc2ccccc2C1=O. The van der Waals surface area contributed by atoms with Crippen molar-refractivity contribution in [3.63, 3.8) is 0 Å². The van der Waals surface area contributed by atoms with Crippen molar-refractivity contribution in [1.82, 2.24) is 10.2 Å². The van der Waals surface area contributed by atoms with Crippen molar-refractivity contribution >= 4 is 5.91 Å². The molecular weight excluding hydrogens is 252 g/mol. The Morgan fingerprint density at radius 2 is 2.20 bits per heavy atom. The molecule has 0 radical (unpaired) electrons. The zero-order valence-electron chi connectivity index (χ0n) is 12.0. The number of hydrogen-bond donors (Lipinski definition) is 1. The number of ether oxygens (including phenoxy) is 1. The zero-order valence-corrected chi connectivity index (χ0v) is 12.0. The van der Waals surface area contributed by atoms with E-state index in [9.17, 15) is 4.79 Å². The van der Waals surface area contributed by atoms with Crippen LogP contribution < -0.4 is 10.1 Å². The van der Waals surface area contributed by atoms with Gasteiger partial charge in [0, 0.05) is 12.6 Å². The summed E-state index contributed by atoms with van der Waals surface area (Å²) in [5.41, 5.74) is 0.687. The third-order valence-corrected chi connectivity index (χ3v) is 3.89. The van der Waals surface area contributed by atoms with Gasteiger partial charge in [0.05, 0.1) is 12.1 Å². The molecule has 1 amide bonds. The summed E-state index contributed by atoms with van der Waals surface area (Å²) in [5, 5.41) is 3.53. The number of amides is 1. The Bertz CT molecular complexity index is 485. The quantitative estimate of drug-likeness (QED) is 0.892. The van der Waals surface area contributed by atoms with Gasteiger partial charge in [0.15, 0.2) is 0 Å². The predicted octanol–water partition coefficient (Wildman–Crippen LogP) is 1.91. The fraction of sp³-hybridized carbons (Fsp3) is 0.562. The Labute approximate surface area is 120 Å². The largest absolute Gasteiger partial charge is 0.491 e. The number of carbonyl (C=O) groups is 1. The molecule has 1 fully saturated rings. The first-order valence-corrected chi connectivity index (χ1v) is 7.48. The molecule has 1 aliphatic heterocycles. The molecule has 20 heavy (non-hydrogen) atoms. The fourth-order valence-corrected chi connectivity index (χ4v) is 2.58. The number of para-hydroxylation sites is 1. The van der Waals surface area contributed by atoms with E-state index in [1.54, 1.807) is 0 Å². The monoisotopic (exact) mass is 274 g/mol. The molecule has 0 saturated heterocycles. The molecule has 0 aromatic heterocycles. The summed E-state index contributed by atoms with van der Waals surface area (Å²) < 4.78 is 5.66. The molecule has 4 heteroatoms. The maximum Gasteiger partial charge on any atom is 0.257 e. The highest BCUT2D eigenvalue weighted by Crippen LogP contribution is 2.23. The summed E-state index contributed by atoms with van der Waals surface area (Å²) >= 11 is 0. The van der Waals surface area contributed by atoms with E-state index in [4.69, 9.17) is 4.74 Å². The highest BCUT2D eigenvalue weighted by Gasteiger charge is 2.25. The molecule has 0 bridgehead atoms. The van der Waals surface area contributed by atoms with Crippen molar-refractivity contribution < 1.29 is 9.53 Å². The molecule has 1 aromatic carbocycles. The molecule has 1 N–H and O–H groups in total. The lowest BCUT2D eigenvalue weighted by Crippen LogP contribution is -2.38. The summed E-state index contributed by atoms with van der Waals surface area (Å²) in [6.07, 6.45) is 2.60. The number of nitrogens with one attached hydrogen (secondary N) is 1. The molecule has 1 unspecified atom stereocenters. The standard InChI is InChI=1S/C16H22N2O2/c1-12(10-17-13-6-7-13)11-18-8-9-20-15-5-3-2-4-14(15)16(18)19/h2-5,12-13,17H,6-11H2,1H3. The van der Waals surface area contributed by atoms with Crippen LogP contribution in [-0.2, 0) is 0 Å². The summed E-state index contributed by atoms with van der Waals surface area (Å²) in [7, 11) is 0. The minimum Gasteiger partial charge on any atom is -0.491 e. The van der Waals surface area contributed by atoms with E-state index in [-0.39, 0.29) is 5.91 Å². The Kier molecular flexibility index (Phi) is 3.92. The van der Waals surface area contributed by atoms with Gasteiger partial charge in [-0.1, -0.05) is 19.1 Å². The van der Waals surface area contributed by atoms with Crippen molar-refractivity contribution in [2.75, 3.05) is 26.2 Å². The molecule has 4 nitrogen and oxygen atoms in total. The first kappa shape index (κ1) is 13.4. The predicted molar refractivity (Wildman–Crippen MR) is 78.0 cm³/mol. The van der Waals surface area contributed by atoms with Crippen molar-refractivity contribution in [2.24, 2.45) is 5.92 Å². The molecule has 1 aliphatic carbocycles. The van der Waals surface area contributed by atoms with E-state index in [1.807, 2.05) is 29.2 Å². The number of hydrogen-bond acceptors (Lipinski definition) is 3. The normalized spacial score (nSPS) is 20.1. The van der Waals surface area contributed by atoms with Crippen molar-refractivity contribution in [3.8, 4) is 5.75 Å². The Morgan fingerprint density at radius 3 is 3.00 bits per heavy atom. The van der Waals surface area contributed by atoms with Gasteiger partial charge in [0.25, 0.3) is 5.91 Å². The molecule has 2 aliphatic rings. The van der Waals surface area contributed by atoms with Gasteiger partial charge in [-0.25, -0.2) is 0 Å². The van der Waals surface area contributed by atoms with Crippen LogP contribution in [0.2, 0.25) is 0 Å². The third kappa shape index (κ3) is 3.12. The highest BCUT2D eigenvalue weighted by atomic mass is 16.5. The average Bonchev–Trinajstić information content (AvgIpc) is 3.28. The Morgan fingerprint density at radius 1 is 1.40 bits per heavy atom. The molecule has 1 saturated carbocycles. The van der Waals surface area contributed by atoms with Crippen LogP contribution in [0, 0.1) is 5.92 Å². The van der Waals surface area contributed by atoms with Gasteiger partial charge in [0.1, 0.15) is 12.4 Å². The van der Waals surface area contributed by atoms with Crippen LogP contribution in [0.15, 0.2) is 24.3 Å². The minimum absolute atomic E-state index is 0.0939. The molecule has 108 valence electrons. The first-order chi connectivity index (χ1) is 9.74. The Hall–Kier alpha value is -1.55. The lowest BCUT2D eigenvalue weighted by molar-refractivity contribution is 0.0731. The number of benzene rings is 1. The molecular formula is C16H22N2O2. The third-order valence-electron chi connectivity index (χ3n) is 3.89. The van der Waals surface area contributed by atoms with E-state index in [0.717, 1.165) is 19.1 Å². The first-order valence-electron chi connectivity index (χ1n) is 7.48. The van der Waals surface area contributed by atoms with Crippen LogP contribution in [0.3, 0.4) is 0 Å². The lowest BCUT2D eigenvalue weighted by atomic mass is 10.1. The van der Waals surface area contributed by atoms with Crippen molar-refractivity contribution in [3.05, 3.63) is 29.8 Å². The van der Waals surface area contributed by atoms with Crippen molar-refractivity contribution in [1.29, 1.82) is 0 Å². The van der Waals surface area contributed by atoms with E-state index < -0.39 is 0 Å². The van der Waals surface area contributed by atoms with Gasteiger partial charge in [-0.2, -0.15) is 0 Å². The average molecular weight is 274 g/mol. The van der Waals surface area contributed by atoms with Crippen LogP contribution in [0.1, 0.15) is 30.1 Å². The lowest BCUT2D eigenvalue weighted by Gasteiger charge is -2.24. The summed E-state index contributed by atoms with van der Waals surface area (Å²) in [6.45, 7) is 5.21. The van der Waals surface area contributed by atoms with E-state index in [1.165, 1.54) is 12.8 Å². The second-order valence-electron chi connectivity index (χ2n) is 5.88. The van der Waals surface area contributed by atoms with Crippen LogP contribution in [0.25, 0.3) is 0 Å². The molecule has 3 rings (SSSR count). The Balaban J connectivity index is 1.62. The van der Waals surface area contributed by atoms with Crippen LogP contribution in [-0.4, -0.2) is 43.1 Å². The van der Waals surface area contributed by atoms with Crippen molar-refractivity contribution in [2.45, 2.75) is 25.8 Å². The van der Waals surface area contributed by atoms with Gasteiger partial charge in [-0.15, -0.1) is 0 Å². The van der Waals surface area contributed by atoms with Gasteiger partial charge in [-0.3, -0.25) is 4.79 Å². The zero-order chi connectivity index (χ0) is 13.9. The molecule has 1 aromatic rings. The second kappa shape index (κ2) is 5.83.